The molecule has 1 aromatic carbocycles. The fourth-order valence-electron chi connectivity index (χ4n) is 3.80. The summed E-state index contributed by atoms with van der Waals surface area (Å²) in [4.78, 5) is 25.3. The molecule has 1 saturated heterocycles. The molecule has 7 heteroatoms. The Morgan fingerprint density at radius 3 is 2.69 bits per heavy atom. The second kappa shape index (κ2) is 6.16. The lowest BCUT2D eigenvalue weighted by Crippen LogP contribution is -2.46. The van der Waals surface area contributed by atoms with Crippen LogP contribution in [0.5, 0.6) is 5.75 Å². The van der Waals surface area contributed by atoms with Crippen LogP contribution >= 0.6 is 0 Å². The van der Waals surface area contributed by atoms with E-state index in [1.54, 1.807) is 11.0 Å². The van der Waals surface area contributed by atoms with Gasteiger partial charge in [-0.1, -0.05) is 0 Å². The van der Waals surface area contributed by atoms with E-state index in [0.29, 0.717) is 31.7 Å². The molecule has 1 amide bonds. The minimum Gasteiger partial charge on any atom is -0.485 e. The first-order chi connectivity index (χ1) is 12.0. The number of aryl methyl sites for hydroxylation is 1. The van der Waals surface area contributed by atoms with Gasteiger partial charge in [0.2, 0.25) is 0 Å². The van der Waals surface area contributed by atoms with Crippen LogP contribution in [0.2, 0.25) is 0 Å². The summed E-state index contributed by atoms with van der Waals surface area (Å²) in [7, 11) is 0. The van der Waals surface area contributed by atoms with Crippen LogP contribution in [-0.4, -0.2) is 46.4 Å². The van der Waals surface area contributed by atoms with Crippen LogP contribution in [0.15, 0.2) is 12.1 Å². The molecule has 1 aromatic rings. The van der Waals surface area contributed by atoms with Crippen LogP contribution in [0.25, 0.3) is 0 Å². The van der Waals surface area contributed by atoms with Gasteiger partial charge in [-0.3, -0.25) is 0 Å². The van der Waals surface area contributed by atoms with Crippen molar-refractivity contribution in [2.75, 3.05) is 13.1 Å². The van der Waals surface area contributed by atoms with E-state index in [2.05, 4.69) is 0 Å². The molecule has 2 heterocycles. The maximum Gasteiger partial charge on any atom is 0.410 e. The van der Waals surface area contributed by atoms with Crippen LogP contribution in [-0.2, 0) is 4.74 Å². The molecule has 0 aliphatic carbocycles. The van der Waals surface area contributed by atoms with Crippen molar-refractivity contribution in [3.8, 4) is 5.75 Å². The number of carbonyl (C=O) groups excluding carboxylic acids is 1. The molecule has 3 N–H and O–H groups in total. The maximum absolute atomic E-state index is 12.4. The summed E-state index contributed by atoms with van der Waals surface area (Å²) >= 11 is 0. The number of ether oxygens (including phenoxy) is 2. The zero-order valence-electron chi connectivity index (χ0n) is 15.7. The predicted octanol–water partition coefficient (Wildman–Crippen LogP) is 2.86. The van der Waals surface area contributed by atoms with Crippen molar-refractivity contribution in [1.82, 2.24) is 4.90 Å². The molecule has 3 rings (SSSR count). The normalized spacial score (nSPS) is 25.0. The molecule has 26 heavy (non-hydrogen) atoms. The lowest BCUT2D eigenvalue weighted by Gasteiger charge is -2.39. The number of benzene rings is 1. The molecule has 7 nitrogen and oxygen atoms in total. The van der Waals surface area contributed by atoms with Crippen molar-refractivity contribution in [3.05, 3.63) is 28.8 Å². The van der Waals surface area contributed by atoms with Gasteiger partial charge < -0.3 is 25.2 Å². The minimum atomic E-state index is -1.01. The molecular weight excluding hydrogens is 336 g/mol. The number of hydrogen-bond donors (Lipinski definition) is 2. The number of amides is 1. The van der Waals surface area contributed by atoms with Crippen LogP contribution in [0.3, 0.4) is 0 Å². The van der Waals surface area contributed by atoms with Gasteiger partial charge in [-0.25, -0.2) is 9.59 Å². The van der Waals surface area contributed by atoms with Crippen molar-refractivity contribution in [2.45, 2.75) is 57.8 Å². The first-order valence-electron chi connectivity index (χ1n) is 8.80. The summed E-state index contributed by atoms with van der Waals surface area (Å²) < 4.78 is 11.7. The van der Waals surface area contributed by atoms with E-state index in [4.69, 9.17) is 15.2 Å². The average Bonchev–Trinajstić information content (AvgIpc) is 2.87. The fourth-order valence-corrected chi connectivity index (χ4v) is 3.80. The van der Waals surface area contributed by atoms with Gasteiger partial charge in [-0.15, -0.1) is 0 Å². The standard InChI is InChI=1S/C19H26N2O5/c1-11-7-12(16(22)23)8-14-15(11)13(20)9-19(25-14)5-6-21(10-19)17(24)26-18(2,3)4/h7-8,13H,5-6,9-10,20H2,1-4H3,(H,22,23). The van der Waals surface area contributed by atoms with Crippen molar-refractivity contribution in [3.63, 3.8) is 0 Å². The summed E-state index contributed by atoms with van der Waals surface area (Å²) in [5.41, 5.74) is 7.05. The topological polar surface area (TPSA) is 102 Å². The molecule has 2 atom stereocenters. The number of fused-ring (bicyclic) bond motifs is 1. The molecule has 1 spiro atoms. The lowest BCUT2D eigenvalue weighted by molar-refractivity contribution is 0.0143. The SMILES string of the molecule is Cc1cc(C(=O)O)cc2c1C(N)CC1(CCN(C(=O)OC(C)(C)C)C1)O2. The second-order valence-electron chi connectivity index (χ2n) is 8.26. The number of likely N-dealkylation sites (tertiary alicyclic amines) is 1. The molecule has 0 radical (unpaired) electrons. The van der Waals surface area contributed by atoms with Gasteiger partial charge >= 0.3 is 12.1 Å². The number of nitrogens with two attached hydrogens (primary N) is 1. The van der Waals surface area contributed by atoms with E-state index in [9.17, 15) is 14.7 Å². The van der Waals surface area contributed by atoms with E-state index >= 15 is 0 Å². The van der Waals surface area contributed by atoms with Crippen LogP contribution in [0, 0.1) is 6.92 Å². The Hall–Kier alpha value is -2.28. The van der Waals surface area contributed by atoms with Crippen molar-refractivity contribution >= 4 is 12.1 Å². The highest BCUT2D eigenvalue weighted by Gasteiger charge is 2.47. The highest BCUT2D eigenvalue weighted by molar-refractivity contribution is 5.88. The summed E-state index contributed by atoms with van der Waals surface area (Å²) in [6.45, 7) is 8.23. The van der Waals surface area contributed by atoms with Gasteiger partial charge in [0, 0.05) is 31.0 Å². The Kier molecular flexibility index (Phi) is 4.38. The lowest BCUT2D eigenvalue weighted by atomic mass is 9.84. The predicted molar refractivity (Wildman–Crippen MR) is 95.5 cm³/mol. The zero-order chi connectivity index (χ0) is 19.3. The highest BCUT2D eigenvalue weighted by atomic mass is 16.6. The average molecular weight is 362 g/mol. The van der Waals surface area contributed by atoms with Gasteiger partial charge in [0.05, 0.1) is 12.1 Å². The second-order valence-corrected chi connectivity index (χ2v) is 8.26. The van der Waals surface area contributed by atoms with Gasteiger partial charge in [-0.05, 0) is 45.4 Å². The molecule has 2 unspecified atom stereocenters. The Labute approximate surface area is 153 Å². The molecule has 142 valence electrons. The highest BCUT2D eigenvalue weighted by Crippen LogP contribution is 2.44. The molecular formula is C19H26N2O5. The third-order valence-corrected chi connectivity index (χ3v) is 4.85. The molecule has 0 bridgehead atoms. The Balaban J connectivity index is 1.84. The monoisotopic (exact) mass is 362 g/mol. The van der Waals surface area contributed by atoms with E-state index in [1.165, 1.54) is 6.07 Å². The summed E-state index contributed by atoms with van der Waals surface area (Å²) in [6, 6.07) is 2.88. The largest absolute Gasteiger partial charge is 0.485 e. The van der Waals surface area contributed by atoms with Crippen molar-refractivity contribution in [2.24, 2.45) is 5.73 Å². The number of carboxylic acid groups (broad SMARTS) is 1. The van der Waals surface area contributed by atoms with Crippen molar-refractivity contribution < 1.29 is 24.2 Å². The zero-order valence-corrected chi connectivity index (χ0v) is 15.7. The summed E-state index contributed by atoms with van der Waals surface area (Å²) in [5.74, 6) is -0.498. The number of carbonyl (C=O) groups is 2. The molecule has 2 aliphatic heterocycles. The van der Waals surface area contributed by atoms with E-state index in [-0.39, 0.29) is 17.7 Å². The minimum absolute atomic E-state index is 0.174. The Morgan fingerprint density at radius 1 is 1.38 bits per heavy atom. The first kappa shape index (κ1) is 18.5. The summed E-state index contributed by atoms with van der Waals surface area (Å²) in [6.07, 6.45) is 0.843. The van der Waals surface area contributed by atoms with Crippen LogP contribution < -0.4 is 10.5 Å². The molecule has 0 saturated carbocycles. The van der Waals surface area contributed by atoms with E-state index in [0.717, 1.165) is 11.1 Å². The number of nitrogens with zero attached hydrogens (tertiary/aromatic N) is 1. The van der Waals surface area contributed by atoms with Crippen LogP contribution in [0.4, 0.5) is 4.79 Å². The molecule has 0 aromatic heterocycles. The Bertz CT molecular complexity index is 755. The van der Waals surface area contributed by atoms with Gasteiger partial charge in [-0.2, -0.15) is 0 Å². The smallest absolute Gasteiger partial charge is 0.410 e. The van der Waals surface area contributed by atoms with Gasteiger partial charge in [0.25, 0.3) is 0 Å². The third kappa shape index (κ3) is 3.49. The molecule has 1 fully saturated rings. The van der Waals surface area contributed by atoms with Crippen molar-refractivity contribution in [1.29, 1.82) is 0 Å². The quantitative estimate of drug-likeness (QED) is 0.796. The number of hydrogen-bond acceptors (Lipinski definition) is 5. The third-order valence-electron chi connectivity index (χ3n) is 4.85. The van der Waals surface area contributed by atoms with Gasteiger partial charge in [0.15, 0.2) is 0 Å². The van der Waals surface area contributed by atoms with E-state index in [1.807, 2.05) is 27.7 Å². The number of carboxylic acids is 1. The van der Waals surface area contributed by atoms with Gasteiger partial charge in [0.1, 0.15) is 17.0 Å². The maximum atomic E-state index is 12.4. The Morgan fingerprint density at radius 2 is 2.08 bits per heavy atom. The van der Waals surface area contributed by atoms with E-state index < -0.39 is 17.2 Å². The van der Waals surface area contributed by atoms with Crippen LogP contribution in [0.1, 0.15) is 61.1 Å². The fraction of sp³-hybridized carbons (Fsp3) is 0.579. The number of aromatic carboxylic acids is 1. The molecule has 2 aliphatic rings. The first-order valence-corrected chi connectivity index (χ1v) is 8.80. The summed E-state index contributed by atoms with van der Waals surface area (Å²) in [5, 5.41) is 9.30. The number of rotatable bonds is 1.